The Balaban J connectivity index is 3.07. The molecule has 0 saturated heterocycles. The minimum Gasteiger partial charge on any atom is -0.310 e. The summed E-state index contributed by atoms with van der Waals surface area (Å²) in [6, 6.07) is 4.99. The Bertz CT molecular complexity index is 366. The summed E-state index contributed by atoms with van der Waals surface area (Å²) in [5, 5.41) is 3.52. The molecule has 1 rings (SSSR count). The van der Waals surface area contributed by atoms with Gasteiger partial charge in [-0.25, -0.2) is 0 Å². The quantitative estimate of drug-likeness (QED) is 0.739. The van der Waals surface area contributed by atoms with Crippen LogP contribution in [0.1, 0.15) is 41.6 Å². The second-order valence-electron chi connectivity index (χ2n) is 4.43. The monoisotopic (exact) mass is 217 g/mol. The van der Waals surface area contributed by atoms with E-state index < -0.39 is 0 Å². The zero-order chi connectivity index (χ0) is 12.1. The van der Waals surface area contributed by atoms with Crippen LogP contribution in [0.3, 0.4) is 0 Å². The molecule has 1 atom stereocenters. The van der Waals surface area contributed by atoms with Gasteiger partial charge in [-0.15, -0.1) is 6.58 Å². The molecule has 0 aromatic heterocycles. The van der Waals surface area contributed by atoms with Crippen molar-refractivity contribution >= 4 is 0 Å². The maximum atomic E-state index is 3.84. The average Bonchev–Trinajstić information content (AvgIpc) is 2.23. The number of rotatable bonds is 5. The Morgan fingerprint density at radius 2 is 1.81 bits per heavy atom. The molecular weight excluding hydrogens is 194 g/mol. The molecule has 1 aromatic rings. The van der Waals surface area contributed by atoms with Crippen molar-refractivity contribution in [3.63, 3.8) is 0 Å². The van der Waals surface area contributed by atoms with Gasteiger partial charge < -0.3 is 5.32 Å². The van der Waals surface area contributed by atoms with Crippen LogP contribution >= 0.6 is 0 Å². The van der Waals surface area contributed by atoms with Crippen molar-refractivity contribution in [1.82, 2.24) is 5.32 Å². The van der Waals surface area contributed by atoms with E-state index in [1.807, 2.05) is 6.08 Å². The van der Waals surface area contributed by atoms with Gasteiger partial charge in [0.05, 0.1) is 0 Å². The van der Waals surface area contributed by atoms with Gasteiger partial charge in [0.25, 0.3) is 0 Å². The normalized spacial score (nSPS) is 12.5. The first-order valence-corrected chi connectivity index (χ1v) is 6.02. The molecule has 0 heterocycles. The van der Waals surface area contributed by atoms with E-state index in [1.165, 1.54) is 22.3 Å². The molecule has 0 radical (unpaired) electrons. The van der Waals surface area contributed by atoms with Crippen molar-refractivity contribution in [3.05, 3.63) is 47.0 Å². The lowest BCUT2D eigenvalue weighted by Gasteiger charge is -2.20. The topological polar surface area (TPSA) is 12.0 Å². The minimum atomic E-state index is 0.404. The third-order valence-electron chi connectivity index (χ3n) is 3.11. The summed E-state index contributed by atoms with van der Waals surface area (Å²) >= 11 is 0. The van der Waals surface area contributed by atoms with E-state index in [0.29, 0.717) is 6.04 Å². The van der Waals surface area contributed by atoms with Gasteiger partial charge in [-0.05, 0) is 56.0 Å². The number of benzene rings is 1. The molecule has 1 heteroatoms. The van der Waals surface area contributed by atoms with Crippen molar-refractivity contribution in [2.24, 2.45) is 0 Å². The van der Waals surface area contributed by atoms with Crippen LogP contribution in [0.15, 0.2) is 24.8 Å². The Morgan fingerprint density at radius 1 is 1.19 bits per heavy atom. The molecule has 0 aliphatic rings. The van der Waals surface area contributed by atoms with Crippen LogP contribution in [0.4, 0.5) is 0 Å². The number of aryl methyl sites for hydroxylation is 3. The lowest BCUT2D eigenvalue weighted by molar-refractivity contribution is 0.556. The van der Waals surface area contributed by atoms with Crippen LogP contribution in [0.25, 0.3) is 0 Å². The summed E-state index contributed by atoms with van der Waals surface area (Å²) in [5.74, 6) is 0. The zero-order valence-corrected chi connectivity index (χ0v) is 10.9. The summed E-state index contributed by atoms with van der Waals surface area (Å²) in [5.41, 5.74) is 5.52. The van der Waals surface area contributed by atoms with E-state index in [4.69, 9.17) is 0 Å². The Hall–Kier alpha value is -1.08. The highest BCUT2D eigenvalue weighted by Gasteiger charge is 2.12. The molecule has 0 spiro atoms. The van der Waals surface area contributed by atoms with Gasteiger partial charge in [-0.3, -0.25) is 0 Å². The highest BCUT2D eigenvalue weighted by molar-refractivity contribution is 5.38. The van der Waals surface area contributed by atoms with Gasteiger partial charge in [0.1, 0.15) is 0 Å². The summed E-state index contributed by atoms with van der Waals surface area (Å²) in [7, 11) is 0. The van der Waals surface area contributed by atoms with E-state index in [2.05, 4.69) is 51.7 Å². The molecule has 88 valence electrons. The Morgan fingerprint density at radius 3 is 2.38 bits per heavy atom. The predicted molar refractivity (Wildman–Crippen MR) is 71.9 cm³/mol. The highest BCUT2D eigenvalue weighted by Crippen LogP contribution is 2.24. The van der Waals surface area contributed by atoms with Gasteiger partial charge in [-0.1, -0.05) is 25.1 Å². The van der Waals surface area contributed by atoms with Crippen molar-refractivity contribution in [3.8, 4) is 0 Å². The van der Waals surface area contributed by atoms with E-state index in [1.54, 1.807) is 0 Å². The summed E-state index contributed by atoms with van der Waals surface area (Å²) in [4.78, 5) is 0. The molecule has 16 heavy (non-hydrogen) atoms. The first kappa shape index (κ1) is 13.0. The molecule has 1 unspecified atom stereocenters. The third kappa shape index (κ3) is 2.96. The summed E-state index contributed by atoms with van der Waals surface area (Å²) in [6.07, 6.45) is 2.97. The van der Waals surface area contributed by atoms with Gasteiger partial charge >= 0.3 is 0 Å². The fourth-order valence-corrected chi connectivity index (χ4v) is 2.09. The van der Waals surface area contributed by atoms with Crippen molar-refractivity contribution < 1.29 is 0 Å². The number of hydrogen-bond donors (Lipinski definition) is 1. The van der Waals surface area contributed by atoms with Crippen LogP contribution in [-0.2, 0) is 0 Å². The van der Waals surface area contributed by atoms with Gasteiger partial charge in [0.15, 0.2) is 0 Å². The van der Waals surface area contributed by atoms with Crippen LogP contribution in [0.2, 0.25) is 0 Å². The average molecular weight is 217 g/mol. The van der Waals surface area contributed by atoms with Crippen LogP contribution in [0, 0.1) is 20.8 Å². The fraction of sp³-hybridized carbons (Fsp3) is 0.467. The second kappa shape index (κ2) is 5.86. The Labute approximate surface area is 99.6 Å². The molecule has 0 bridgehead atoms. The van der Waals surface area contributed by atoms with E-state index >= 15 is 0 Å². The summed E-state index contributed by atoms with van der Waals surface area (Å²) in [6.45, 7) is 13.5. The first-order chi connectivity index (χ1) is 7.60. The van der Waals surface area contributed by atoms with Crippen LogP contribution < -0.4 is 5.32 Å². The molecular formula is C15H23N. The summed E-state index contributed by atoms with van der Waals surface area (Å²) < 4.78 is 0. The third-order valence-corrected chi connectivity index (χ3v) is 3.11. The standard InChI is InChI=1S/C15H23N/c1-6-8-15(16-7-2)14-10-12(4)11(3)9-13(14)5/h6,9-10,15-16H,1,7-8H2,2-5H3. The number of nitrogens with one attached hydrogen (secondary N) is 1. The van der Waals surface area contributed by atoms with E-state index in [-0.39, 0.29) is 0 Å². The maximum absolute atomic E-state index is 3.84. The predicted octanol–water partition coefficient (Wildman–Crippen LogP) is 3.84. The highest BCUT2D eigenvalue weighted by atomic mass is 14.9. The lowest BCUT2D eigenvalue weighted by atomic mass is 9.94. The van der Waals surface area contributed by atoms with Crippen molar-refractivity contribution in [2.45, 2.75) is 40.2 Å². The van der Waals surface area contributed by atoms with Gasteiger partial charge in [-0.2, -0.15) is 0 Å². The smallest absolute Gasteiger partial charge is 0.0357 e. The van der Waals surface area contributed by atoms with Crippen molar-refractivity contribution in [1.29, 1.82) is 0 Å². The second-order valence-corrected chi connectivity index (χ2v) is 4.43. The van der Waals surface area contributed by atoms with E-state index in [0.717, 1.165) is 13.0 Å². The maximum Gasteiger partial charge on any atom is 0.0357 e. The van der Waals surface area contributed by atoms with Crippen LogP contribution in [0.5, 0.6) is 0 Å². The molecule has 0 aliphatic heterocycles. The molecule has 1 N–H and O–H groups in total. The van der Waals surface area contributed by atoms with E-state index in [9.17, 15) is 0 Å². The minimum absolute atomic E-state index is 0.404. The lowest BCUT2D eigenvalue weighted by Crippen LogP contribution is -2.21. The van der Waals surface area contributed by atoms with Crippen LogP contribution in [-0.4, -0.2) is 6.54 Å². The molecule has 0 saturated carbocycles. The molecule has 0 amide bonds. The molecule has 1 nitrogen and oxygen atoms in total. The first-order valence-electron chi connectivity index (χ1n) is 6.02. The Kier molecular flexibility index (Phi) is 4.75. The van der Waals surface area contributed by atoms with Crippen molar-refractivity contribution in [2.75, 3.05) is 6.54 Å². The van der Waals surface area contributed by atoms with Gasteiger partial charge in [0, 0.05) is 6.04 Å². The number of hydrogen-bond acceptors (Lipinski definition) is 1. The molecule has 1 aromatic carbocycles. The van der Waals surface area contributed by atoms with Gasteiger partial charge in [0.2, 0.25) is 0 Å². The fourth-order valence-electron chi connectivity index (χ4n) is 2.09. The molecule has 0 aliphatic carbocycles. The molecule has 0 fully saturated rings. The SMILES string of the molecule is C=CCC(NCC)c1cc(C)c(C)cc1C. The zero-order valence-electron chi connectivity index (χ0n) is 10.9. The largest absolute Gasteiger partial charge is 0.310 e.